The smallest absolute Gasteiger partial charge is 0.326 e. The van der Waals surface area contributed by atoms with Crippen molar-refractivity contribution in [2.45, 2.75) is 25.7 Å². The highest BCUT2D eigenvalue weighted by atomic mass is 32.1. The third-order valence-corrected chi connectivity index (χ3v) is 2.77. The van der Waals surface area contributed by atoms with Crippen LogP contribution in [0.15, 0.2) is 17.3 Å². The first kappa shape index (κ1) is 10.0. The molecule has 15 heavy (non-hydrogen) atoms. The highest BCUT2D eigenvalue weighted by Crippen LogP contribution is 2.23. The van der Waals surface area contributed by atoms with Crippen molar-refractivity contribution in [1.29, 1.82) is 0 Å². The predicted octanol–water partition coefficient (Wildman–Crippen LogP) is 0.511. The van der Waals surface area contributed by atoms with Gasteiger partial charge >= 0.3 is 4.87 Å². The van der Waals surface area contributed by atoms with E-state index in [9.17, 15) is 4.79 Å². The zero-order valence-corrected chi connectivity index (χ0v) is 8.99. The largest absolute Gasteiger partial charge is 0.457 e. The molecule has 0 unspecified atom stereocenters. The van der Waals surface area contributed by atoms with Crippen LogP contribution in [0.5, 0.6) is 0 Å². The Hall–Kier alpha value is -1.50. The summed E-state index contributed by atoms with van der Waals surface area (Å²) in [5.74, 6) is -0.697. The van der Waals surface area contributed by atoms with E-state index >= 15 is 0 Å². The van der Waals surface area contributed by atoms with Crippen molar-refractivity contribution < 1.29 is 9.47 Å². The Bertz CT molecular complexity index is 429. The molecule has 0 aromatic carbocycles. The van der Waals surface area contributed by atoms with E-state index in [0.717, 1.165) is 11.3 Å². The highest BCUT2D eigenvalue weighted by Gasteiger charge is 2.29. The normalized spacial score (nSPS) is 17.4. The Balaban J connectivity index is 1.99. The molecule has 0 spiro atoms. The maximum absolute atomic E-state index is 11.3. The molecule has 0 saturated heterocycles. The van der Waals surface area contributed by atoms with Gasteiger partial charge in [-0.05, 0) is 11.3 Å². The minimum Gasteiger partial charge on any atom is -0.457 e. The minimum atomic E-state index is -0.697. The average Bonchev–Trinajstić information content (AvgIpc) is 2.71. The van der Waals surface area contributed by atoms with Gasteiger partial charge in [-0.1, -0.05) is 0 Å². The van der Waals surface area contributed by atoms with Crippen LogP contribution < -0.4 is 10.6 Å². The Labute approximate surface area is 89.9 Å². The molecule has 1 aromatic rings. The van der Waals surface area contributed by atoms with Crippen LogP contribution in [0.2, 0.25) is 0 Å². The summed E-state index contributed by atoms with van der Waals surface area (Å²) in [5, 5.41) is 4.15. The number of ether oxygens (including phenoxy) is 2. The van der Waals surface area contributed by atoms with Crippen LogP contribution in [-0.2, 0) is 16.0 Å². The van der Waals surface area contributed by atoms with E-state index in [4.69, 9.17) is 15.2 Å². The topological polar surface area (TPSA) is 79.4 Å². The molecule has 1 aliphatic rings. The summed E-state index contributed by atoms with van der Waals surface area (Å²) in [5.41, 5.74) is 5.41. The fourth-order valence-corrected chi connectivity index (χ4v) is 1.82. The summed E-state index contributed by atoms with van der Waals surface area (Å²) in [6, 6.07) is 0. The van der Waals surface area contributed by atoms with Gasteiger partial charge in [0.15, 0.2) is 0 Å². The number of nitrogen functional groups attached to an aromatic ring is 1. The lowest BCUT2D eigenvalue weighted by Crippen LogP contribution is -2.29. The summed E-state index contributed by atoms with van der Waals surface area (Å²) in [6.07, 6.45) is 3.50. The Kier molecular flexibility index (Phi) is 2.39. The molecule has 82 valence electrons. The van der Waals surface area contributed by atoms with E-state index in [1.54, 1.807) is 6.92 Å². The molecule has 0 radical (unpaired) electrons. The second kappa shape index (κ2) is 3.58. The van der Waals surface area contributed by atoms with Crippen LogP contribution in [0, 0.1) is 0 Å². The van der Waals surface area contributed by atoms with Crippen LogP contribution in [0.25, 0.3) is 0 Å². The second-order valence-electron chi connectivity index (χ2n) is 3.32. The van der Waals surface area contributed by atoms with Crippen molar-refractivity contribution >= 4 is 16.5 Å². The minimum absolute atomic E-state index is 0.165. The first-order valence-corrected chi connectivity index (χ1v) is 5.25. The zero-order chi connectivity index (χ0) is 10.9. The molecular formula is C8H11N3O3S. The van der Waals surface area contributed by atoms with Crippen molar-refractivity contribution in [2.75, 3.05) is 5.73 Å². The lowest BCUT2D eigenvalue weighted by molar-refractivity contribution is -0.133. The van der Waals surface area contributed by atoms with Gasteiger partial charge in [-0.3, -0.25) is 4.79 Å². The third kappa shape index (κ3) is 2.12. The summed E-state index contributed by atoms with van der Waals surface area (Å²) < 4.78 is 11.8. The molecule has 0 atom stereocenters. The van der Waals surface area contributed by atoms with Crippen LogP contribution >= 0.6 is 11.3 Å². The van der Waals surface area contributed by atoms with Gasteiger partial charge < -0.3 is 15.2 Å². The van der Waals surface area contributed by atoms with Gasteiger partial charge in [0.25, 0.3) is 0 Å². The van der Waals surface area contributed by atoms with Gasteiger partial charge in [-0.2, -0.15) is 0 Å². The monoisotopic (exact) mass is 229 g/mol. The predicted molar refractivity (Wildman–Crippen MR) is 55.1 cm³/mol. The zero-order valence-electron chi connectivity index (χ0n) is 8.17. The van der Waals surface area contributed by atoms with Gasteiger partial charge in [-0.15, -0.1) is 5.10 Å². The molecule has 6 nitrogen and oxygen atoms in total. The second-order valence-corrected chi connectivity index (χ2v) is 4.29. The molecule has 1 aromatic heterocycles. The molecule has 7 heteroatoms. The first-order chi connectivity index (χ1) is 7.09. The number of nitrogens with two attached hydrogens (primary N) is 1. The Morgan fingerprint density at radius 2 is 2.27 bits per heavy atom. The standard InChI is InChI=1S/C8H11N3O3S/c1-8(13-4-5-14-8)2-3-11-7(12)15-6(9)10-11/h4-5H,2-3H2,1H3,(H2,9,10). The number of aryl methyl sites for hydroxylation is 1. The van der Waals surface area contributed by atoms with E-state index in [0.29, 0.717) is 13.0 Å². The number of anilines is 1. The lowest BCUT2D eigenvalue weighted by Gasteiger charge is -2.22. The van der Waals surface area contributed by atoms with Crippen molar-refractivity contribution in [3.63, 3.8) is 0 Å². The number of hydrogen-bond donors (Lipinski definition) is 1. The fraction of sp³-hybridized carbons (Fsp3) is 0.500. The summed E-state index contributed by atoms with van der Waals surface area (Å²) in [4.78, 5) is 11.1. The van der Waals surface area contributed by atoms with E-state index in [2.05, 4.69) is 5.10 Å². The highest BCUT2D eigenvalue weighted by molar-refractivity contribution is 7.12. The molecule has 0 bridgehead atoms. The average molecular weight is 229 g/mol. The molecule has 0 amide bonds. The number of hydrogen-bond acceptors (Lipinski definition) is 6. The summed E-state index contributed by atoms with van der Waals surface area (Å²) in [6.45, 7) is 2.22. The third-order valence-electron chi connectivity index (χ3n) is 2.09. The maximum atomic E-state index is 11.3. The van der Waals surface area contributed by atoms with Crippen LogP contribution in [0.4, 0.5) is 5.13 Å². The van der Waals surface area contributed by atoms with Crippen molar-refractivity contribution in [3.05, 3.63) is 22.2 Å². The fourth-order valence-electron chi connectivity index (χ4n) is 1.26. The molecule has 2 heterocycles. The van der Waals surface area contributed by atoms with Gasteiger partial charge in [0.1, 0.15) is 12.5 Å². The van der Waals surface area contributed by atoms with Gasteiger partial charge in [0.2, 0.25) is 10.9 Å². The Morgan fingerprint density at radius 1 is 1.60 bits per heavy atom. The van der Waals surface area contributed by atoms with E-state index in [1.165, 1.54) is 17.2 Å². The van der Waals surface area contributed by atoms with Crippen molar-refractivity contribution in [2.24, 2.45) is 0 Å². The molecule has 0 saturated carbocycles. The van der Waals surface area contributed by atoms with Crippen molar-refractivity contribution in [1.82, 2.24) is 9.78 Å². The molecule has 2 rings (SSSR count). The van der Waals surface area contributed by atoms with Crippen LogP contribution in [0.3, 0.4) is 0 Å². The first-order valence-electron chi connectivity index (χ1n) is 4.43. The summed E-state index contributed by atoms with van der Waals surface area (Å²) >= 11 is 0.927. The molecule has 0 fully saturated rings. The molecule has 0 aliphatic carbocycles. The lowest BCUT2D eigenvalue weighted by atomic mass is 10.2. The van der Waals surface area contributed by atoms with Gasteiger partial charge in [0, 0.05) is 13.3 Å². The van der Waals surface area contributed by atoms with Crippen LogP contribution in [-0.4, -0.2) is 15.6 Å². The Morgan fingerprint density at radius 3 is 2.80 bits per heavy atom. The SMILES string of the molecule is CC1(CCn2nc(N)sc2=O)OC=CO1. The number of nitrogens with zero attached hydrogens (tertiary/aromatic N) is 2. The number of rotatable bonds is 3. The van der Waals surface area contributed by atoms with E-state index in [1.807, 2.05) is 0 Å². The summed E-state index contributed by atoms with van der Waals surface area (Å²) in [7, 11) is 0. The van der Waals surface area contributed by atoms with Gasteiger partial charge in [-0.25, -0.2) is 4.68 Å². The molecule has 2 N–H and O–H groups in total. The van der Waals surface area contributed by atoms with Crippen LogP contribution in [0.1, 0.15) is 13.3 Å². The van der Waals surface area contributed by atoms with E-state index in [-0.39, 0.29) is 10.0 Å². The van der Waals surface area contributed by atoms with E-state index < -0.39 is 5.79 Å². The molecule has 1 aliphatic heterocycles. The quantitative estimate of drug-likeness (QED) is 0.817. The maximum Gasteiger partial charge on any atom is 0.326 e. The van der Waals surface area contributed by atoms with Crippen molar-refractivity contribution in [3.8, 4) is 0 Å². The number of aromatic nitrogens is 2. The molecular weight excluding hydrogens is 218 g/mol. The van der Waals surface area contributed by atoms with Gasteiger partial charge in [0.05, 0.1) is 6.54 Å².